The van der Waals surface area contributed by atoms with E-state index in [1.54, 1.807) is 0 Å². The number of anilines is 1. The van der Waals surface area contributed by atoms with Crippen molar-refractivity contribution in [3.8, 4) is 0 Å². The van der Waals surface area contributed by atoms with Crippen molar-refractivity contribution < 1.29 is 0 Å². The molecular formula is C23H41N3. The molecule has 0 bridgehead atoms. The molecule has 1 atom stereocenters. The van der Waals surface area contributed by atoms with E-state index in [-0.39, 0.29) is 0 Å². The van der Waals surface area contributed by atoms with Gasteiger partial charge < -0.3 is 9.80 Å². The van der Waals surface area contributed by atoms with Crippen LogP contribution in [0.1, 0.15) is 58.4 Å². The van der Waals surface area contributed by atoms with Crippen molar-refractivity contribution in [2.24, 2.45) is 5.92 Å². The van der Waals surface area contributed by atoms with E-state index in [0.717, 1.165) is 5.92 Å². The molecule has 2 aliphatic heterocycles. The zero-order chi connectivity index (χ0) is 18.9. The fourth-order valence-corrected chi connectivity index (χ4v) is 4.06. The Labute approximate surface area is 162 Å². The minimum atomic E-state index is 0.663. The highest BCUT2D eigenvalue weighted by atomic mass is 15.3. The summed E-state index contributed by atoms with van der Waals surface area (Å²) in [6.07, 6.45) is 3.98. The molecule has 1 aromatic carbocycles. The minimum absolute atomic E-state index is 0.663. The summed E-state index contributed by atoms with van der Waals surface area (Å²) in [5.74, 6) is 1.58. The fraction of sp³-hybridized carbons (Fsp3) is 0.739. The molecule has 2 heterocycles. The highest BCUT2D eigenvalue weighted by molar-refractivity contribution is 5.49. The van der Waals surface area contributed by atoms with Crippen LogP contribution in [0.15, 0.2) is 24.3 Å². The zero-order valence-corrected chi connectivity index (χ0v) is 17.9. The lowest BCUT2D eigenvalue weighted by Gasteiger charge is -2.39. The maximum atomic E-state index is 2.70. The van der Waals surface area contributed by atoms with E-state index >= 15 is 0 Å². The Hall–Kier alpha value is -1.06. The second-order valence-electron chi connectivity index (χ2n) is 7.94. The predicted molar refractivity (Wildman–Crippen MR) is 115 cm³/mol. The standard InChI is InChI=1S/C21H35N3.C2H6/c1-4-18(2)20-6-5-7-21(16-20)24-14-12-23(13-15-24)17-19-8-10-22(3)11-9-19;1-2/h5-7,16,18-19H,4,8-15,17H2,1-3H3;1-2H3. The van der Waals surface area contributed by atoms with Crippen LogP contribution in [0.2, 0.25) is 0 Å². The van der Waals surface area contributed by atoms with E-state index in [4.69, 9.17) is 0 Å². The fourth-order valence-electron chi connectivity index (χ4n) is 4.06. The number of rotatable bonds is 5. The van der Waals surface area contributed by atoms with Gasteiger partial charge in [-0.2, -0.15) is 0 Å². The zero-order valence-electron chi connectivity index (χ0n) is 17.9. The van der Waals surface area contributed by atoms with Crippen LogP contribution in [-0.2, 0) is 0 Å². The van der Waals surface area contributed by atoms with Gasteiger partial charge in [0.1, 0.15) is 0 Å². The molecule has 148 valence electrons. The lowest BCUT2D eigenvalue weighted by molar-refractivity contribution is 0.155. The molecule has 3 heteroatoms. The maximum Gasteiger partial charge on any atom is 0.0369 e. The Morgan fingerprint density at radius 1 is 1.00 bits per heavy atom. The Kier molecular flexibility index (Phi) is 8.94. The van der Waals surface area contributed by atoms with E-state index in [2.05, 4.69) is 59.9 Å². The average Bonchev–Trinajstić information content (AvgIpc) is 2.71. The lowest BCUT2D eigenvalue weighted by Crippen LogP contribution is -2.48. The normalized spacial score (nSPS) is 21.2. The predicted octanol–water partition coefficient (Wildman–Crippen LogP) is 4.69. The monoisotopic (exact) mass is 359 g/mol. The van der Waals surface area contributed by atoms with Gasteiger partial charge in [0.15, 0.2) is 0 Å². The van der Waals surface area contributed by atoms with Gasteiger partial charge in [-0.3, -0.25) is 4.90 Å². The van der Waals surface area contributed by atoms with Gasteiger partial charge in [0, 0.05) is 38.4 Å². The van der Waals surface area contributed by atoms with Crippen molar-refractivity contribution in [3.63, 3.8) is 0 Å². The highest BCUT2D eigenvalue weighted by Crippen LogP contribution is 2.25. The van der Waals surface area contributed by atoms with Crippen LogP contribution in [0.25, 0.3) is 0 Å². The largest absolute Gasteiger partial charge is 0.369 e. The smallest absolute Gasteiger partial charge is 0.0369 e. The van der Waals surface area contributed by atoms with E-state index in [1.807, 2.05) is 13.8 Å². The third-order valence-corrected chi connectivity index (χ3v) is 6.14. The van der Waals surface area contributed by atoms with Crippen molar-refractivity contribution in [2.75, 3.05) is 57.8 Å². The molecule has 2 saturated heterocycles. The van der Waals surface area contributed by atoms with Crippen molar-refractivity contribution in [3.05, 3.63) is 29.8 Å². The molecular weight excluding hydrogens is 318 g/mol. The second kappa shape index (κ2) is 10.9. The summed E-state index contributed by atoms with van der Waals surface area (Å²) in [7, 11) is 2.25. The van der Waals surface area contributed by atoms with Gasteiger partial charge in [-0.15, -0.1) is 0 Å². The van der Waals surface area contributed by atoms with Crippen LogP contribution in [-0.4, -0.2) is 62.7 Å². The van der Waals surface area contributed by atoms with Crippen LogP contribution in [0.5, 0.6) is 0 Å². The Morgan fingerprint density at radius 2 is 1.65 bits per heavy atom. The molecule has 1 aromatic rings. The first-order valence-electron chi connectivity index (χ1n) is 10.9. The Balaban J connectivity index is 0.00000117. The minimum Gasteiger partial charge on any atom is -0.369 e. The molecule has 0 aromatic heterocycles. The van der Waals surface area contributed by atoms with Crippen LogP contribution in [0, 0.1) is 5.92 Å². The number of nitrogens with zero attached hydrogens (tertiary/aromatic N) is 3. The number of benzene rings is 1. The summed E-state index contributed by atoms with van der Waals surface area (Å²) >= 11 is 0. The first kappa shape index (κ1) is 21.2. The molecule has 2 aliphatic rings. The molecule has 2 fully saturated rings. The SMILES string of the molecule is CC.CCC(C)c1cccc(N2CCN(CC3CCN(C)CC3)CC2)c1. The number of piperazine rings is 1. The van der Waals surface area contributed by atoms with Gasteiger partial charge in [-0.25, -0.2) is 0 Å². The molecule has 0 saturated carbocycles. The number of hydrogen-bond acceptors (Lipinski definition) is 3. The van der Waals surface area contributed by atoms with E-state index < -0.39 is 0 Å². The van der Waals surface area contributed by atoms with Gasteiger partial charge in [-0.1, -0.05) is 39.8 Å². The topological polar surface area (TPSA) is 9.72 Å². The lowest BCUT2D eigenvalue weighted by atomic mass is 9.96. The van der Waals surface area contributed by atoms with E-state index in [1.165, 1.54) is 76.3 Å². The van der Waals surface area contributed by atoms with Crippen molar-refractivity contribution in [2.45, 2.75) is 52.9 Å². The summed E-state index contributed by atoms with van der Waals surface area (Å²) in [4.78, 5) is 7.75. The third kappa shape index (κ3) is 5.99. The van der Waals surface area contributed by atoms with Crippen LogP contribution >= 0.6 is 0 Å². The van der Waals surface area contributed by atoms with Crippen LogP contribution < -0.4 is 4.90 Å². The second-order valence-corrected chi connectivity index (χ2v) is 7.94. The first-order valence-corrected chi connectivity index (χ1v) is 10.9. The van der Waals surface area contributed by atoms with Gasteiger partial charge in [-0.05, 0) is 68.9 Å². The molecule has 0 radical (unpaired) electrons. The molecule has 0 aliphatic carbocycles. The Bertz CT molecular complexity index is 500. The van der Waals surface area contributed by atoms with Crippen molar-refractivity contribution >= 4 is 5.69 Å². The molecule has 26 heavy (non-hydrogen) atoms. The van der Waals surface area contributed by atoms with Crippen molar-refractivity contribution in [1.82, 2.24) is 9.80 Å². The van der Waals surface area contributed by atoms with E-state index in [9.17, 15) is 0 Å². The van der Waals surface area contributed by atoms with Gasteiger partial charge in [0.25, 0.3) is 0 Å². The van der Waals surface area contributed by atoms with Crippen molar-refractivity contribution in [1.29, 1.82) is 0 Å². The first-order chi connectivity index (χ1) is 12.7. The summed E-state index contributed by atoms with van der Waals surface area (Å²) in [6, 6.07) is 9.23. The molecule has 3 nitrogen and oxygen atoms in total. The third-order valence-electron chi connectivity index (χ3n) is 6.14. The molecule has 0 N–H and O–H groups in total. The summed E-state index contributed by atoms with van der Waals surface area (Å²) in [5.41, 5.74) is 2.91. The highest BCUT2D eigenvalue weighted by Gasteiger charge is 2.23. The summed E-state index contributed by atoms with van der Waals surface area (Å²) in [6.45, 7) is 17.3. The number of likely N-dealkylation sites (tertiary alicyclic amines) is 1. The average molecular weight is 360 g/mol. The summed E-state index contributed by atoms with van der Waals surface area (Å²) in [5, 5.41) is 0. The van der Waals surface area contributed by atoms with Crippen LogP contribution in [0.4, 0.5) is 5.69 Å². The maximum absolute atomic E-state index is 2.70. The van der Waals surface area contributed by atoms with Gasteiger partial charge in [0.2, 0.25) is 0 Å². The molecule has 1 unspecified atom stereocenters. The molecule has 0 amide bonds. The van der Waals surface area contributed by atoms with Crippen LogP contribution in [0.3, 0.4) is 0 Å². The van der Waals surface area contributed by atoms with E-state index in [0.29, 0.717) is 5.92 Å². The quantitative estimate of drug-likeness (QED) is 0.755. The Morgan fingerprint density at radius 3 is 2.27 bits per heavy atom. The summed E-state index contributed by atoms with van der Waals surface area (Å²) < 4.78 is 0. The number of piperidine rings is 1. The molecule has 0 spiro atoms. The molecule has 3 rings (SSSR count). The van der Waals surface area contributed by atoms with Gasteiger partial charge in [0.05, 0.1) is 0 Å². The number of hydrogen-bond donors (Lipinski definition) is 0. The van der Waals surface area contributed by atoms with Gasteiger partial charge >= 0.3 is 0 Å².